The first-order valence-corrected chi connectivity index (χ1v) is 9.48. The second-order valence-electron chi connectivity index (χ2n) is 5.93. The maximum absolute atomic E-state index is 12.6. The third-order valence-corrected chi connectivity index (χ3v) is 5.39. The Morgan fingerprint density at radius 2 is 1.93 bits per heavy atom. The summed E-state index contributed by atoms with van der Waals surface area (Å²) in [7, 11) is 1.57. The fourth-order valence-corrected chi connectivity index (χ4v) is 4.01. The van der Waals surface area contributed by atoms with Gasteiger partial charge in [0.2, 0.25) is 0 Å². The Kier molecular flexibility index (Phi) is 6.04. The summed E-state index contributed by atoms with van der Waals surface area (Å²) in [6, 6.07) is 9.05. The van der Waals surface area contributed by atoms with Gasteiger partial charge in [-0.1, -0.05) is 24.0 Å². The van der Waals surface area contributed by atoms with Crippen molar-refractivity contribution in [3.63, 3.8) is 0 Å². The van der Waals surface area contributed by atoms with Crippen LogP contribution in [-0.4, -0.2) is 50.4 Å². The normalized spacial score (nSPS) is 16.3. The zero-order chi connectivity index (χ0) is 21.1. The predicted octanol–water partition coefficient (Wildman–Crippen LogP) is 3.08. The third kappa shape index (κ3) is 4.49. The number of rotatable bonds is 7. The predicted molar refractivity (Wildman–Crippen MR) is 109 cm³/mol. The molecule has 1 atom stereocenters. The van der Waals surface area contributed by atoms with Crippen molar-refractivity contribution in [1.29, 1.82) is 0 Å². The van der Waals surface area contributed by atoms with Crippen molar-refractivity contribution < 1.29 is 33.8 Å². The largest absolute Gasteiger partial charge is 0.497 e. The summed E-state index contributed by atoms with van der Waals surface area (Å²) in [5, 5.41) is 18.2. The van der Waals surface area contributed by atoms with Crippen LogP contribution >= 0.6 is 24.0 Å². The van der Waals surface area contributed by atoms with Gasteiger partial charge in [-0.15, -0.1) is 0 Å². The zero-order valence-electron chi connectivity index (χ0n) is 15.0. The van der Waals surface area contributed by atoms with Gasteiger partial charge in [-0.25, -0.2) is 4.79 Å². The first-order valence-electron chi connectivity index (χ1n) is 8.26. The standard InChI is InChI=1S/C19H15NO7S2/c1-26-11-4-2-10(3-5-11)14-7-6-12(27-14)8-15-17(23)20(19(28)29-15)13(18(24)25)9-16(21)22/h2-8,13H,9H2,1H3,(H,21,22)(H,24,25)/b15-8-. The van der Waals surface area contributed by atoms with Crippen LogP contribution in [0.4, 0.5) is 0 Å². The molecular formula is C19H15NO7S2. The first-order chi connectivity index (χ1) is 13.8. The van der Waals surface area contributed by atoms with Crippen molar-refractivity contribution in [3.8, 4) is 17.1 Å². The van der Waals surface area contributed by atoms with Gasteiger partial charge in [0.1, 0.15) is 27.6 Å². The summed E-state index contributed by atoms with van der Waals surface area (Å²) in [4.78, 5) is 36.0. The van der Waals surface area contributed by atoms with E-state index in [0.29, 0.717) is 17.3 Å². The summed E-state index contributed by atoms with van der Waals surface area (Å²) >= 11 is 5.99. The van der Waals surface area contributed by atoms with Crippen LogP contribution in [0.25, 0.3) is 17.4 Å². The number of carboxylic acid groups (broad SMARTS) is 2. The highest BCUT2D eigenvalue weighted by Crippen LogP contribution is 2.35. The molecular weight excluding hydrogens is 418 g/mol. The molecule has 2 N–H and O–H groups in total. The molecule has 0 saturated carbocycles. The Morgan fingerprint density at radius 1 is 1.24 bits per heavy atom. The molecule has 150 valence electrons. The van der Waals surface area contributed by atoms with Gasteiger partial charge in [0.05, 0.1) is 18.4 Å². The minimum atomic E-state index is -1.57. The van der Waals surface area contributed by atoms with Crippen molar-refractivity contribution in [3.05, 3.63) is 47.1 Å². The topological polar surface area (TPSA) is 117 Å². The summed E-state index contributed by atoms with van der Waals surface area (Å²) in [5.74, 6) is -1.80. The van der Waals surface area contributed by atoms with E-state index in [9.17, 15) is 19.5 Å². The second-order valence-corrected chi connectivity index (χ2v) is 7.61. The molecule has 10 heteroatoms. The van der Waals surface area contributed by atoms with Crippen LogP contribution in [0.1, 0.15) is 12.2 Å². The number of hydrogen-bond donors (Lipinski definition) is 2. The number of nitrogens with zero attached hydrogens (tertiary/aromatic N) is 1. The van der Waals surface area contributed by atoms with Crippen LogP contribution in [0.2, 0.25) is 0 Å². The number of carbonyl (C=O) groups excluding carboxylic acids is 1. The molecule has 2 aromatic rings. The van der Waals surface area contributed by atoms with E-state index in [1.54, 1.807) is 31.4 Å². The van der Waals surface area contributed by atoms with Crippen molar-refractivity contribution in [1.82, 2.24) is 4.90 Å². The van der Waals surface area contributed by atoms with Crippen LogP contribution in [0.15, 0.2) is 45.7 Å². The number of ether oxygens (including phenoxy) is 1. The molecule has 1 aromatic heterocycles. The van der Waals surface area contributed by atoms with Gasteiger partial charge in [-0.3, -0.25) is 14.5 Å². The van der Waals surface area contributed by atoms with Crippen LogP contribution in [0.5, 0.6) is 5.75 Å². The molecule has 1 amide bonds. The van der Waals surface area contributed by atoms with Crippen LogP contribution in [-0.2, 0) is 14.4 Å². The number of hydrogen-bond acceptors (Lipinski definition) is 7. The summed E-state index contributed by atoms with van der Waals surface area (Å²) in [6.07, 6.45) is 0.698. The summed E-state index contributed by atoms with van der Waals surface area (Å²) in [5.41, 5.74) is 0.811. The average molecular weight is 433 g/mol. The molecule has 0 bridgehead atoms. The number of thiocarbonyl (C=S) groups is 1. The number of methoxy groups -OCH3 is 1. The highest BCUT2D eigenvalue weighted by molar-refractivity contribution is 8.26. The van der Waals surface area contributed by atoms with E-state index in [1.807, 2.05) is 12.1 Å². The highest BCUT2D eigenvalue weighted by atomic mass is 32.2. The molecule has 0 aliphatic carbocycles. The lowest BCUT2D eigenvalue weighted by Crippen LogP contribution is -2.45. The third-order valence-electron chi connectivity index (χ3n) is 4.06. The molecule has 8 nitrogen and oxygen atoms in total. The quantitative estimate of drug-likeness (QED) is 0.502. The minimum Gasteiger partial charge on any atom is -0.497 e. The Balaban J connectivity index is 1.83. The van der Waals surface area contributed by atoms with Gasteiger partial charge in [-0.05, 0) is 36.4 Å². The molecule has 3 rings (SSSR count). The number of aliphatic carboxylic acids is 2. The Hall–Kier alpha value is -3.11. The van der Waals surface area contributed by atoms with Crippen molar-refractivity contribution in [2.45, 2.75) is 12.5 Å². The molecule has 1 unspecified atom stereocenters. The highest BCUT2D eigenvalue weighted by Gasteiger charge is 2.41. The van der Waals surface area contributed by atoms with Gasteiger partial charge >= 0.3 is 11.9 Å². The first kappa shape index (κ1) is 20.6. The SMILES string of the molecule is COc1ccc(-c2ccc(/C=C3\SC(=S)N(C(CC(=O)O)C(=O)O)C3=O)o2)cc1. The molecule has 1 fully saturated rings. The Bertz CT molecular complexity index is 1010. The van der Waals surface area contributed by atoms with Crippen LogP contribution < -0.4 is 4.74 Å². The van der Waals surface area contributed by atoms with Gasteiger partial charge in [0.15, 0.2) is 0 Å². The van der Waals surface area contributed by atoms with E-state index in [-0.39, 0.29) is 9.23 Å². The van der Waals surface area contributed by atoms with E-state index in [0.717, 1.165) is 22.2 Å². The molecule has 0 radical (unpaired) electrons. The Labute approximate surface area is 174 Å². The van der Waals surface area contributed by atoms with Gasteiger partial charge < -0.3 is 19.4 Å². The molecule has 1 aromatic carbocycles. The smallest absolute Gasteiger partial charge is 0.327 e. The molecule has 29 heavy (non-hydrogen) atoms. The van der Waals surface area contributed by atoms with Gasteiger partial charge in [-0.2, -0.15) is 0 Å². The minimum absolute atomic E-state index is 0.0168. The number of carbonyl (C=O) groups is 3. The number of carboxylic acids is 2. The molecule has 0 spiro atoms. The molecule has 1 saturated heterocycles. The number of thioether (sulfide) groups is 1. The monoisotopic (exact) mass is 433 g/mol. The number of amides is 1. The van der Waals surface area contributed by atoms with Crippen LogP contribution in [0, 0.1) is 0 Å². The molecule has 1 aliphatic rings. The van der Waals surface area contributed by atoms with E-state index < -0.39 is 30.3 Å². The summed E-state index contributed by atoms with van der Waals surface area (Å²) < 4.78 is 10.8. The van der Waals surface area contributed by atoms with Crippen molar-refractivity contribution >= 4 is 52.2 Å². The van der Waals surface area contributed by atoms with Crippen molar-refractivity contribution in [2.75, 3.05) is 7.11 Å². The van der Waals surface area contributed by atoms with E-state index in [1.165, 1.54) is 6.08 Å². The lowest BCUT2D eigenvalue weighted by Gasteiger charge is -2.21. The lowest BCUT2D eigenvalue weighted by molar-refractivity contribution is -0.150. The average Bonchev–Trinajstić information content (AvgIpc) is 3.25. The maximum Gasteiger partial charge on any atom is 0.327 e. The number of furan rings is 1. The fraction of sp³-hybridized carbons (Fsp3) is 0.158. The second kappa shape index (κ2) is 8.50. The van der Waals surface area contributed by atoms with Gasteiger partial charge in [0, 0.05) is 11.6 Å². The fourth-order valence-electron chi connectivity index (χ4n) is 2.67. The molecule has 2 heterocycles. The lowest BCUT2D eigenvalue weighted by atomic mass is 10.2. The number of benzene rings is 1. The van der Waals surface area contributed by atoms with E-state index >= 15 is 0 Å². The van der Waals surface area contributed by atoms with Crippen LogP contribution in [0.3, 0.4) is 0 Å². The van der Waals surface area contributed by atoms with E-state index in [4.69, 9.17) is 26.5 Å². The zero-order valence-corrected chi connectivity index (χ0v) is 16.7. The van der Waals surface area contributed by atoms with Crippen molar-refractivity contribution in [2.24, 2.45) is 0 Å². The molecule has 1 aliphatic heterocycles. The summed E-state index contributed by atoms with van der Waals surface area (Å²) in [6.45, 7) is 0. The van der Waals surface area contributed by atoms with E-state index in [2.05, 4.69) is 0 Å². The maximum atomic E-state index is 12.6. The Morgan fingerprint density at radius 3 is 2.52 bits per heavy atom. The van der Waals surface area contributed by atoms with Gasteiger partial charge in [0.25, 0.3) is 5.91 Å².